The van der Waals surface area contributed by atoms with Gasteiger partial charge in [-0.2, -0.15) is 0 Å². The SMILES string of the molecule is CCCCCCC[C@@H](CC=CCCC(=O)N(C)CC(=CCl)CCCC(=O)CC(=O)N1CC(OC)=CC1=O)OC. The minimum atomic E-state index is -0.527. The van der Waals surface area contributed by atoms with Crippen LogP contribution < -0.4 is 0 Å². The number of allylic oxidation sites excluding steroid dienone is 1. The van der Waals surface area contributed by atoms with E-state index in [2.05, 4.69) is 13.0 Å². The Labute approximate surface area is 239 Å². The number of unbranched alkanes of at least 4 members (excludes halogenated alkanes) is 4. The number of imide groups is 1. The molecule has 1 aliphatic rings. The number of amides is 3. The molecule has 8 nitrogen and oxygen atoms in total. The standard InChI is InChI=1S/C30H47ClN2O6/c1-5-6-7-8-10-16-26(38-3)17-11-9-12-18-28(35)32(2)22-24(21-31)14-13-15-25(34)19-29(36)33-23-27(39-4)20-30(33)37/h9,11,20-21,26H,5-8,10,12-19,22-23H2,1-4H3/t26-/m0/s1. The highest BCUT2D eigenvalue weighted by molar-refractivity contribution is 6.25. The molecule has 1 heterocycles. The van der Waals surface area contributed by atoms with E-state index in [9.17, 15) is 19.2 Å². The van der Waals surface area contributed by atoms with Crippen molar-refractivity contribution >= 4 is 35.1 Å². The Morgan fingerprint density at radius 3 is 2.46 bits per heavy atom. The average molecular weight is 567 g/mol. The van der Waals surface area contributed by atoms with Gasteiger partial charge in [-0.3, -0.25) is 24.1 Å². The van der Waals surface area contributed by atoms with Gasteiger partial charge in [0, 0.05) is 45.2 Å². The molecule has 0 N–H and O–H groups in total. The molecule has 0 fully saturated rings. The van der Waals surface area contributed by atoms with Crippen LogP contribution in [0.15, 0.2) is 35.1 Å². The molecule has 0 spiro atoms. The summed E-state index contributed by atoms with van der Waals surface area (Å²) in [7, 11) is 4.93. The van der Waals surface area contributed by atoms with Crippen LogP contribution in [-0.4, -0.2) is 73.8 Å². The molecule has 0 aromatic rings. The lowest BCUT2D eigenvalue weighted by Crippen LogP contribution is -2.34. The van der Waals surface area contributed by atoms with Gasteiger partial charge >= 0.3 is 0 Å². The third kappa shape index (κ3) is 14.5. The van der Waals surface area contributed by atoms with Crippen LogP contribution in [0, 0.1) is 0 Å². The van der Waals surface area contributed by atoms with Gasteiger partial charge in [0.25, 0.3) is 5.91 Å². The van der Waals surface area contributed by atoms with Crippen LogP contribution in [-0.2, 0) is 28.7 Å². The zero-order valence-electron chi connectivity index (χ0n) is 24.2. The van der Waals surface area contributed by atoms with Crippen molar-refractivity contribution in [1.29, 1.82) is 0 Å². The lowest BCUT2D eigenvalue weighted by molar-refractivity contribution is -0.142. The molecule has 1 rings (SSSR count). The Bertz CT molecular complexity index is 883. The van der Waals surface area contributed by atoms with Gasteiger partial charge in [0.2, 0.25) is 11.8 Å². The first-order chi connectivity index (χ1) is 18.7. The fraction of sp³-hybridized carbons (Fsp3) is 0.667. The van der Waals surface area contributed by atoms with Crippen molar-refractivity contribution in [3.63, 3.8) is 0 Å². The molecule has 220 valence electrons. The van der Waals surface area contributed by atoms with Gasteiger partial charge in [-0.25, -0.2) is 0 Å². The number of carbonyl (C=O) groups is 4. The molecule has 0 radical (unpaired) electrons. The van der Waals surface area contributed by atoms with Crippen LogP contribution in [0.4, 0.5) is 0 Å². The van der Waals surface area contributed by atoms with Crippen LogP contribution in [0.25, 0.3) is 0 Å². The molecular weight excluding hydrogens is 520 g/mol. The maximum Gasteiger partial charge on any atom is 0.257 e. The Kier molecular flexibility index (Phi) is 18.1. The molecular formula is C30H47ClN2O6. The van der Waals surface area contributed by atoms with Gasteiger partial charge in [-0.1, -0.05) is 62.8 Å². The molecule has 0 aromatic heterocycles. The third-order valence-electron chi connectivity index (χ3n) is 6.80. The predicted molar refractivity (Wildman–Crippen MR) is 154 cm³/mol. The van der Waals surface area contributed by atoms with E-state index in [-0.39, 0.29) is 37.2 Å². The second-order valence-electron chi connectivity index (χ2n) is 10.0. The monoisotopic (exact) mass is 566 g/mol. The fourth-order valence-electron chi connectivity index (χ4n) is 4.33. The summed E-state index contributed by atoms with van der Waals surface area (Å²) in [5.74, 6) is -0.809. The number of hydrogen-bond acceptors (Lipinski definition) is 6. The van der Waals surface area contributed by atoms with Crippen LogP contribution in [0.3, 0.4) is 0 Å². The first-order valence-corrected chi connectivity index (χ1v) is 14.5. The molecule has 0 saturated carbocycles. The van der Waals surface area contributed by atoms with Crippen molar-refractivity contribution in [2.45, 2.75) is 96.5 Å². The smallest absolute Gasteiger partial charge is 0.257 e. The van der Waals surface area contributed by atoms with E-state index in [1.165, 1.54) is 50.8 Å². The fourth-order valence-corrected chi connectivity index (χ4v) is 4.50. The highest BCUT2D eigenvalue weighted by atomic mass is 35.5. The first-order valence-electron chi connectivity index (χ1n) is 14.1. The summed E-state index contributed by atoms with van der Waals surface area (Å²) in [4.78, 5) is 51.5. The van der Waals surface area contributed by atoms with Gasteiger partial charge in [-0.15, -0.1) is 0 Å². The number of ketones is 1. The molecule has 0 saturated heterocycles. The van der Waals surface area contributed by atoms with E-state index in [4.69, 9.17) is 21.1 Å². The second-order valence-corrected chi connectivity index (χ2v) is 10.2. The van der Waals surface area contributed by atoms with E-state index in [0.29, 0.717) is 38.0 Å². The molecule has 1 atom stereocenters. The molecule has 0 aliphatic carbocycles. The second kappa shape index (κ2) is 20.5. The van der Waals surface area contributed by atoms with Crippen molar-refractivity contribution in [3.8, 4) is 0 Å². The molecule has 0 bridgehead atoms. The van der Waals surface area contributed by atoms with E-state index in [0.717, 1.165) is 23.3 Å². The Morgan fingerprint density at radius 2 is 1.82 bits per heavy atom. The average Bonchev–Trinajstić information content (AvgIpc) is 3.31. The number of carbonyl (C=O) groups excluding carboxylic acids is 4. The van der Waals surface area contributed by atoms with Crippen molar-refractivity contribution in [2.75, 3.05) is 34.4 Å². The molecule has 1 aliphatic heterocycles. The van der Waals surface area contributed by atoms with Crippen LogP contribution >= 0.6 is 11.6 Å². The minimum Gasteiger partial charge on any atom is -0.499 e. The van der Waals surface area contributed by atoms with Gasteiger partial charge < -0.3 is 14.4 Å². The van der Waals surface area contributed by atoms with Crippen LogP contribution in [0.5, 0.6) is 0 Å². The van der Waals surface area contributed by atoms with Gasteiger partial charge in [0.05, 0.1) is 26.2 Å². The van der Waals surface area contributed by atoms with E-state index in [1.807, 2.05) is 6.08 Å². The number of halogens is 1. The summed E-state index contributed by atoms with van der Waals surface area (Å²) in [6.45, 7) is 2.66. The minimum absolute atomic E-state index is 0.0240. The normalized spacial score (nSPS) is 14.6. The molecule has 9 heteroatoms. The number of Topliss-reactive ketones (excluding diaryl/α,β-unsaturated/α-hetero) is 1. The number of ether oxygens (including phenoxy) is 2. The Morgan fingerprint density at radius 1 is 1.08 bits per heavy atom. The summed E-state index contributed by atoms with van der Waals surface area (Å²) in [6.07, 6.45) is 15.8. The number of methoxy groups -OCH3 is 2. The zero-order valence-corrected chi connectivity index (χ0v) is 25.0. The van der Waals surface area contributed by atoms with E-state index in [1.54, 1.807) is 19.1 Å². The number of nitrogens with zero attached hydrogens (tertiary/aromatic N) is 2. The van der Waals surface area contributed by atoms with Crippen LogP contribution in [0.1, 0.15) is 90.4 Å². The number of rotatable bonds is 21. The maximum absolute atomic E-state index is 12.5. The van der Waals surface area contributed by atoms with E-state index < -0.39 is 11.8 Å². The summed E-state index contributed by atoms with van der Waals surface area (Å²) >= 11 is 5.97. The topological polar surface area (TPSA) is 93.2 Å². The molecule has 0 aromatic carbocycles. The first kappa shape index (κ1) is 34.6. The molecule has 0 unspecified atom stereocenters. The highest BCUT2D eigenvalue weighted by Gasteiger charge is 2.28. The summed E-state index contributed by atoms with van der Waals surface area (Å²) < 4.78 is 10.6. The zero-order chi connectivity index (χ0) is 29.0. The Hall–Kier alpha value is -2.45. The molecule has 39 heavy (non-hydrogen) atoms. The highest BCUT2D eigenvalue weighted by Crippen LogP contribution is 2.16. The van der Waals surface area contributed by atoms with Gasteiger partial charge in [-0.05, 0) is 37.7 Å². The summed E-state index contributed by atoms with van der Waals surface area (Å²) in [6, 6.07) is 0. The van der Waals surface area contributed by atoms with Gasteiger partial charge in [0.1, 0.15) is 11.5 Å². The van der Waals surface area contributed by atoms with Crippen molar-refractivity contribution in [3.05, 3.63) is 35.1 Å². The van der Waals surface area contributed by atoms with Crippen molar-refractivity contribution < 1.29 is 28.7 Å². The van der Waals surface area contributed by atoms with Crippen molar-refractivity contribution in [2.24, 2.45) is 0 Å². The third-order valence-corrected chi connectivity index (χ3v) is 7.11. The number of likely N-dealkylation sites (N-methyl/N-ethyl adjacent to an activating group) is 1. The lowest BCUT2D eigenvalue weighted by atomic mass is 10.1. The summed E-state index contributed by atoms with van der Waals surface area (Å²) in [5, 5.41) is 0. The maximum atomic E-state index is 12.5. The molecule has 3 amide bonds. The van der Waals surface area contributed by atoms with Crippen LogP contribution in [0.2, 0.25) is 0 Å². The predicted octanol–water partition coefficient (Wildman–Crippen LogP) is 5.70. The quantitative estimate of drug-likeness (QED) is 0.100. The lowest BCUT2D eigenvalue weighted by Gasteiger charge is -2.19. The van der Waals surface area contributed by atoms with Crippen molar-refractivity contribution in [1.82, 2.24) is 9.80 Å². The largest absolute Gasteiger partial charge is 0.499 e. The van der Waals surface area contributed by atoms with Gasteiger partial charge in [0.15, 0.2) is 0 Å². The Balaban J connectivity index is 2.27. The summed E-state index contributed by atoms with van der Waals surface area (Å²) in [5.41, 5.74) is 2.29. The van der Waals surface area contributed by atoms with E-state index >= 15 is 0 Å². The number of hydrogen-bond donors (Lipinski definition) is 0.